The van der Waals surface area contributed by atoms with Crippen LogP contribution in [-0.2, 0) is 7.05 Å². The van der Waals surface area contributed by atoms with E-state index in [1.165, 1.54) is 6.20 Å². The average Bonchev–Trinajstić information content (AvgIpc) is 3.25. The number of carbonyl (C=O) groups excluding carboxylic acids is 1. The molecule has 1 fully saturated rings. The van der Waals surface area contributed by atoms with Gasteiger partial charge in [0, 0.05) is 62.8 Å². The second kappa shape index (κ2) is 8.31. The Morgan fingerprint density at radius 1 is 0.938 bits per heavy atom. The Labute approximate surface area is 184 Å². The summed E-state index contributed by atoms with van der Waals surface area (Å²) in [7, 11) is 3.96. The van der Waals surface area contributed by atoms with Crippen molar-refractivity contribution in [1.29, 1.82) is 0 Å². The van der Waals surface area contributed by atoms with Gasteiger partial charge in [-0.15, -0.1) is 5.10 Å². The van der Waals surface area contributed by atoms with Gasteiger partial charge in [-0.1, -0.05) is 0 Å². The Hall–Kier alpha value is -3.92. The number of fused-ring (bicyclic) bond motifs is 1. The second-order valence-corrected chi connectivity index (χ2v) is 7.94. The van der Waals surface area contributed by atoms with E-state index < -0.39 is 0 Å². The zero-order chi connectivity index (χ0) is 22.1. The second-order valence-electron chi connectivity index (χ2n) is 7.94. The molecule has 10 nitrogen and oxygen atoms in total. The molecule has 4 aromatic heterocycles. The van der Waals surface area contributed by atoms with E-state index in [-0.39, 0.29) is 5.91 Å². The van der Waals surface area contributed by atoms with Gasteiger partial charge in [0.1, 0.15) is 5.82 Å². The first-order valence-electron chi connectivity index (χ1n) is 10.4. The minimum atomic E-state index is -0.274. The molecular formula is C22H23N9O. The highest BCUT2D eigenvalue weighted by Crippen LogP contribution is 2.23. The van der Waals surface area contributed by atoms with Gasteiger partial charge in [0.05, 0.1) is 23.7 Å². The van der Waals surface area contributed by atoms with E-state index >= 15 is 0 Å². The molecule has 0 aliphatic carbocycles. The van der Waals surface area contributed by atoms with Gasteiger partial charge in [0.25, 0.3) is 5.91 Å². The van der Waals surface area contributed by atoms with Gasteiger partial charge in [-0.25, -0.2) is 4.98 Å². The van der Waals surface area contributed by atoms with Crippen LogP contribution in [0.25, 0.3) is 22.0 Å². The van der Waals surface area contributed by atoms with Crippen molar-refractivity contribution in [3.63, 3.8) is 0 Å². The monoisotopic (exact) mass is 429 g/mol. The van der Waals surface area contributed by atoms with Gasteiger partial charge in [-0.2, -0.15) is 10.2 Å². The third kappa shape index (κ3) is 4.12. The largest absolute Gasteiger partial charge is 0.353 e. The van der Waals surface area contributed by atoms with Crippen LogP contribution in [-0.4, -0.2) is 74.0 Å². The van der Waals surface area contributed by atoms with Crippen LogP contribution in [0.5, 0.6) is 0 Å². The number of likely N-dealkylation sites (N-methyl/N-ethyl adjacent to an activating group) is 1. The number of hydrogen-bond donors (Lipinski definition) is 1. The van der Waals surface area contributed by atoms with Gasteiger partial charge in [0.15, 0.2) is 5.82 Å². The van der Waals surface area contributed by atoms with Crippen LogP contribution in [0.3, 0.4) is 0 Å². The summed E-state index contributed by atoms with van der Waals surface area (Å²) in [6, 6.07) is 5.58. The fourth-order valence-electron chi connectivity index (χ4n) is 3.68. The molecule has 162 valence electrons. The van der Waals surface area contributed by atoms with Crippen LogP contribution in [0, 0.1) is 0 Å². The lowest BCUT2D eigenvalue weighted by molar-refractivity contribution is 0.102. The summed E-state index contributed by atoms with van der Waals surface area (Å²) in [5.74, 6) is 0.900. The van der Waals surface area contributed by atoms with E-state index in [1.54, 1.807) is 29.3 Å². The smallest absolute Gasteiger partial charge is 0.258 e. The molecule has 0 saturated carbocycles. The molecule has 0 atom stereocenters. The van der Waals surface area contributed by atoms with E-state index in [2.05, 4.69) is 47.4 Å². The number of nitrogens with one attached hydrogen (secondary N) is 1. The molecule has 0 radical (unpaired) electrons. The zero-order valence-electron chi connectivity index (χ0n) is 17.9. The Kier molecular flexibility index (Phi) is 5.20. The molecule has 32 heavy (non-hydrogen) atoms. The quantitative estimate of drug-likeness (QED) is 0.524. The summed E-state index contributed by atoms with van der Waals surface area (Å²) in [5, 5.41) is 17.1. The maximum Gasteiger partial charge on any atom is 0.258 e. The summed E-state index contributed by atoms with van der Waals surface area (Å²) >= 11 is 0. The SMILES string of the molecule is CN1CCN(c2cc(C(=O)Nc3cc4cc(-c5cnn(C)c5)ncc4cn3)cnn2)CC1. The minimum absolute atomic E-state index is 0.274. The van der Waals surface area contributed by atoms with Crippen molar-refractivity contribution in [3.8, 4) is 11.3 Å². The van der Waals surface area contributed by atoms with Crippen LogP contribution >= 0.6 is 0 Å². The van der Waals surface area contributed by atoms with Gasteiger partial charge in [-0.3, -0.25) is 14.5 Å². The van der Waals surface area contributed by atoms with E-state index in [4.69, 9.17) is 0 Å². The maximum atomic E-state index is 12.9. The lowest BCUT2D eigenvalue weighted by Crippen LogP contribution is -2.45. The standard InChI is InChI=1S/C22H23N9O/c1-29-3-5-31(6-4-29)21-9-16(12-25-28-21)22(32)27-20-8-15-7-19(18-13-26-30(2)14-18)23-10-17(15)11-24-20/h7-14H,3-6H2,1-2H3,(H,24,27,32). The Morgan fingerprint density at radius 2 is 1.75 bits per heavy atom. The predicted octanol–water partition coefficient (Wildman–Crippen LogP) is 1.82. The summed E-state index contributed by atoms with van der Waals surface area (Å²) in [4.78, 5) is 26.1. The molecule has 5 rings (SSSR count). The van der Waals surface area contributed by atoms with E-state index in [0.29, 0.717) is 17.2 Å². The van der Waals surface area contributed by atoms with Crippen molar-refractivity contribution in [2.75, 3.05) is 43.4 Å². The molecule has 1 amide bonds. The molecule has 4 aromatic rings. The van der Waals surface area contributed by atoms with E-state index in [1.807, 2.05) is 25.4 Å². The molecule has 10 heteroatoms. The molecule has 0 bridgehead atoms. The van der Waals surface area contributed by atoms with Crippen LogP contribution < -0.4 is 10.2 Å². The summed E-state index contributed by atoms with van der Waals surface area (Å²) in [5.41, 5.74) is 2.18. The number of amides is 1. The fourth-order valence-corrected chi connectivity index (χ4v) is 3.68. The highest BCUT2D eigenvalue weighted by Gasteiger charge is 2.18. The lowest BCUT2D eigenvalue weighted by Gasteiger charge is -2.32. The van der Waals surface area contributed by atoms with Crippen LogP contribution in [0.4, 0.5) is 11.6 Å². The molecule has 5 heterocycles. The predicted molar refractivity (Wildman–Crippen MR) is 121 cm³/mol. The average molecular weight is 429 g/mol. The van der Waals surface area contributed by atoms with Crippen LogP contribution in [0.1, 0.15) is 10.4 Å². The van der Waals surface area contributed by atoms with Crippen molar-refractivity contribution in [1.82, 2.24) is 34.8 Å². The van der Waals surface area contributed by atoms with Crippen molar-refractivity contribution in [2.45, 2.75) is 0 Å². The summed E-state index contributed by atoms with van der Waals surface area (Å²) in [6.07, 6.45) is 8.62. The number of carbonyl (C=O) groups is 1. The molecule has 0 spiro atoms. The van der Waals surface area contributed by atoms with Crippen molar-refractivity contribution < 1.29 is 4.79 Å². The molecule has 1 saturated heterocycles. The number of hydrogen-bond acceptors (Lipinski definition) is 8. The normalized spacial score (nSPS) is 14.6. The van der Waals surface area contributed by atoms with Gasteiger partial charge in [-0.05, 0) is 30.6 Å². The first-order valence-corrected chi connectivity index (χ1v) is 10.4. The Bertz CT molecular complexity index is 1280. The van der Waals surface area contributed by atoms with Crippen LogP contribution in [0.2, 0.25) is 0 Å². The Balaban J connectivity index is 1.36. The number of aromatic nitrogens is 6. The number of pyridine rings is 2. The highest BCUT2D eigenvalue weighted by molar-refractivity contribution is 6.04. The molecule has 0 aromatic carbocycles. The summed E-state index contributed by atoms with van der Waals surface area (Å²) in [6.45, 7) is 3.62. The number of aryl methyl sites for hydroxylation is 1. The van der Waals surface area contributed by atoms with Crippen molar-refractivity contribution in [3.05, 3.63) is 54.7 Å². The topological polar surface area (TPSA) is 105 Å². The molecule has 0 unspecified atom stereocenters. The maximum absolute atomic E-state index is 12.9. The Morgan fingerprint density at radius 3 is 2.53 bits per heavy atom. The number of nitrogens with zero attached hydrogens (tertiary/aromatic N) is 8. The third-order valence-corrected chi connectivity index (χ3v) is 5.58. The van der Waals surface area contributed by atoms with E-state index in [0.717, 1.165) is 48.2 Å². The van der Waals surface area contributed by atoms with Gasteiger partial charge in [0.2, 0.25) is 0 Å². The number of piperazine rings is 1. The molecule has 1 aliphatic heterocycles. The van der Waals surface area contributed by atoms with Crippen molar-refractivity contribution >= 4 is 28.3 Å². The molecule has 1 N–H and O–H groups in total. The number of rotatable bonds is 4. The first kappa shape index (κ1) is 20.0. The van der Waals surface area contributed by atoms with Crippen LogP contribution in [0.15, 0.2) is 49.2 Å². The zero-order valence-corrected chi connectivity index (χ0v) is 17.9. The fraction of sp³-hybridized carbons (Fsp3) is 0.273. The highest BCUT2D eigenvalue weighted by atomic mass is 16.1. The third-order valence-electron chi connectivity index (χ3n) is 5.58. The van der Waals surface area contributed by atoms with Gasteiger partial charge < -0.3 is 15.1 Å². The molecule has 1 aliphatic rings. The summed E-state index contributed by atoms with van der Waals surface area (Å²) < 4.78 is 1.73. The lowest BCUT2D eigenvalue weighted by atomic mass is 10.1. The van der Waals surface area contributed by atoms with E-state index in [9.17, 15) is 4.79 Å². The first-order chi connectivity index (χ1) is 15.5. The minimum Gasteiger partial charge on any atom is -0.353 e. The number of anilines is 2. The van der Waals surface area contributed by atoms with Gasteiger partial charge >= 0.3 is 0 Å². The van der Waals surface area contributed by atoms with Crippen molar-refractivity contribution in [2.24, 2.45) is 7.05 Å². The molecular weight excluding hydrogens is 406 g/mol.